The van der Waals surface area contributed by atoms with Crippen LogP contribution in [0, 0.1) is 0 Å². The minimum Gasteiger partial charge on any atom is -0.356 e. The number of hydrogen-bond acceptors (Lipinski definition) is 4. The van der Waals surface area contributed by atoms with Gasteiger partial charge in [0.1, 0.15) is 5.82 Å². The summed E-state index contributed by atoms with van der Waals surface area (Å²) in [4.78, 5) is 10.8. The highest BCUT2D eigenvalue weighted by atomic mass is 35.5. The molecule has 1 aliphatic heterocycles. The van der Waals surface area contributed by atoms with E-state index in [1.807, 2.05) is 7.05 Å². The Balaban J connectivity index is 2.21. The van der Waals surface area contributed by atoms with Gasteiger partial charge in [-0.25, -0.2) is 0 Å². The summed E-state index contributed by atoms with van der Waals surface area (Å²) in [6, 6.07) is 0. The summed E-state index contributed by atoms with van der Waals surface area (Å²) in [5, 5.41) is 5.47. The van der Waals surface area contributed by atoms with Gasteiger partial charge in [-0.1, -0.05) is 0 Å². The fraction of sp³-hybridized carbons (Fsp3) is 0.500. The molecule has 1 saturated heterocycles. The van der Waals surface area contributed by atoms with Crippen molar-refractivity contribution in [1.29, 1.82) is 0 Å². The van der Waals surface area contributed by atoms with E-state index in [2.05, 4.69) is 20.0 Å². The first-order valence-corrected chi connectivity index (χ1v) is 5.74. The molecule has 0 spiro atoms. The van der Waals surface area contributed by atoms with Crippen LogP contribution in [0.1, 0.15) is 12.8 Å². The van der Waals surface area contributed by atoms with Crippen LogP contribution in [0.4, 0.5) is 5.82 Å². The molecule has 1 aliphatic rings. The van der Waals surface area contributed by atoms with E-state index in [1.54, 1.807) is 10.9 Å². The minimum atomic E-state index is 0.290. The van der Waals surface area contributed by atoms with Gasteiger partial charge in [0.15, 0.2) is 5.65 Å². The average molecular weight is 238 g/mol. The molecular weight excluding hydrogens is 226 g/mol. The summed E-state index contributed by atoms with van der Waals surface area (Å²) in [6.07, 6.45) is 4.23. The van der Waals surface area contributed by atoms with Crippen LogP contribution in [0.2, 0.25) is 5.28 Å². The summed E-state index contributed by atoms with van der Waals surface area (Å²) >= 11 is 5.94. The first-order chi connectivity index (χ1) is 7.75. The molecule has 84 valence electrons. The summed E-state index contributed by atoms with van der Waals surface area (Å²) in [6.45, 7) is 2.08. The molecule has 0 saturated carbocycles. The van der Waals surface area contributed by atoms with Crippen molar-refractivity contribution in [2.45, 2.75) is 12.8 Å². The van der Waals surface area contributed by atoms with Crippen molar-refractivity contribution in [2.75, 3.05) is 18.0 Å². The Bertz CT molecular complexity index is 529. The Morgan fingerprint density at radius 3 is 2.75 bits per heavy atom. The lowest BCUT2D eigenvalue weighted by Crippen LogP contribution is -2.19. The van der Waals surface area contributed by atoms with E-state index in [4.69, 9.17) is 11.6 Å². The maximum absolute atomic E-state index is 5.94. The molecule has 0 radical (unpaired) electrons. The van der Waals surface area contributed by atoms with Crippen LogP contribution in [0.3, 0.4) is 0 Å². The zero-order valence-corrected chi connectivity index (χ0v) is 9.78. The smallest absolute Gasteiger partial charge is 0.226 e. The quantitative estimate of drug-likeness (QED) is 0.707. The van der Waals surface area contributed by atoms with Gasteiger partial charge in [0.05, 0.1) is 11.6 Å². The Morgan fingerprint density at radius 2 is 2.00 bits per heavy atom. The third-order valence-electron chi connectivity index (χ3n) is 2.95. The average Bonchev–Trinajstić information content (AvgIpc) is 2.88. The highest BCUT2D eigenvalue weighted by molar-refractivity contribution is 6.28. The second kappa shape index (κ2) is 3.59. The van der Waals surface area contributed by atoms with Crippen molar-refractivity contribution in [2.24, 2.45) is 7.05 Å². The Morgan fingerprint density at radius 1 is 1.25 bits per heavy atom. The zero-order chi connectivity index (χ0) is 11.1. The molecule has 0 unspecified atom stereocenters. The highest BCUT2D eigenvalue weighted by Crippen LogP contribution is 2.27. The predicted molar refractivity (Wildman–Crippen MR) is 62.8 cm³/mol. The van der Waals surface area contributed by atoms with Crippen molar-refractivity contribution in [3.05, 3.63) is 11.5 Å². The van der Waals surface area contributed by atoms with Crippen LogP contribution < -0.4 is 4.90 Å². The van der Waals surface area contributed by atoms with Gasteiger partial charge in [0.25, 0.3) is 0 Å². The van der Waals surface area contributed by atoms with Crippen LogP contribution in [0.25, 0.3) is 11.0 Å². The summed E-state index contributed by atoms with van der Waals surface area (Å²) in [5.41, 5.74) is 0.793. The number of nitrogens with zero attached hydrogens (tertiary/aromatic N) is 5. The minimum absolute atomic E-state index is 0.290. The third-order valence-corrected chi connectivity index (χ3v) is 3.12. The molecule has 0 bridgehead atoms. The largest absolute Gasteiger partial charge is 0.356 e. The molecule has 1 fully saturated rings. The first kappa shape index (κ1) is 9.84. The number of halogens is 1. The van der Waals surface area contributed by atoms with Gasteiger partial charge in [0.2, 0.25) is 5.28 Å². The molecule has 6 heteroatoms. The third kappa shape index (κ3) is 1.43. The molecule has 0 aromatic carbocycles. The number of hydrogen-bond donors (Lipinski definition) is 0. The maximum atomic E-state index is 5.94. The number of anilines is 1. The van der Waals surface area contributed by atoms with Crippen molar-refractivity contribution in [3.8, 4) is 0 Å². The van der Waals surface area contributed by atoms with E-state index in [-0.39, 0.29) is 5.28 Å². The van der Waals surface area contributed by atoms with Crippen LogP contribution in [0.15, 0.2) is 6.20 Å². The molecule has 3 heterocycles. The van der Waals surface area contributed by atoms with E-state index in [0.29, 0.717) is 0 Å². The van der Waals surface area contributed by atoms with Crippen LogP contribution >= 0.6 is 11.6 Å². The summed E-state index contributed by atoms with van der Waals surface area (Å²) < 4.78 is 1.72. The van der Waals surface area contributed by atoms with Gasteiger partial charge in [-0.15, -0.1) is 0 Å². The van der Waals surface area contributed by atoms with Gasteiger partial charge in [-0.3, -0.25) is 4.68 Å². The summed E-state index contributed by atoms with van der Waals surface area (Å²) in [7, 11) is 1.86. The van der Waals surface area contributed by atoms with Crippen molar-refractivity contribution < 1.29 is 0 Å². The van der Waals surface area contributed by atoms with E-state index in [9.17, 15) is 0 Å². The van der Waals surface area contributed by atoms with Gasteiger partial charge in [-0.2, -0.15) is 15.1 Å². The second-order valence-corrected chi connectivity index (χ2v) is 4.35. The molecule has 0 aliphatic carbocycles. The first-order valence-electron chi connectivity index (χ1n) is 5.36. The number of fused-ring (bicyclic) bond motifs is 1. The molecule has 16 heavy (non-hydrogen) atoms. The lowest BCUT2D eigenvalue weighted by Gasteiger charge is -2.16. The van der Waals surface area contributed by atoms with Crippen LogP contribution in [-0.4, -0.2) is 32.8 Å². The van der Waals surface area contributed by atoms with Gasteiger partial charge >= 0.3 is 0 Å². The number of aromatic nitrogens is 4. The topological polar surface area (TPSA) is 46.8 Å². The molecule has 0 atom stereocenters. The molecule has 5 nitrogen and oxygen atoms in total. The van der Waals surface area contributed by atoms with E-state index in [1.165, 1.54) is 12.8 Å². The van der Waals surface area contributed by atoms with Crippen LogP contribution in [0.5, 0.6) is 0 Å². The standard InChI is InChI=1S/C10H12ClN5/c1-15-8-7(6-12-15)9(14-10(11)13-8)16-4-2-3-5-16/h6H,2-5H2,1H3. The summed E-state index contributed by atoms with van der Waals surface area (Å²) in [5.74, 6) is 0.917. The van der Waals surface area contributed by atoms with Crippen LogP contribution in [-0.2, 0) is 7.05 Å². The van der Waals surface area contributed by atoms with Gasteiger partial charge < -0.3 is 4.90 Å². The lowest BCUT2D eigenvalue weighted by molar-refractivity contribution is 0.785. The number of rotatable bonds is 1. The molecule has 0 amide bonds. The van der Waals surface area contributed by atoms with E-state index in [0.717, 1.165) is 29.9 Å². The fourth-order valence-corrected chi connectivity index (χ4v) is 2.31. The zero-order valence-electron chi connectivity index (χ0n) is 9.02. The lowest BCUT2D eigenvalue weighted by atomic mass is 10.3. The Kier molecular flexibility index (Phi) is 2.21. The Labute approximate surface area is 98.0 Å². The normalized spacial score (nSPS) is 16.2. The van der Waals surface area contributed by atoms with E-state index >= 15 is 0 Å². The SMILES string of the molecule is Cn1ncc2c(N3CCCC3)nc(Cl)nc21. The monoisotopic (exact) mass is 237 g/mol. The molecular formula is C10H12ClN5. The fourth-order valence-electron chi connectivity index (χ4n) is 2.15. The second-order valence-electron chi connectivity index (χ2n) is 4.02. The van der Waals surface area contributed by atoms with Gasteiger partial charge in [-0.05, 0) is 24.4 Å². The van der Waals surface area contributed by atoms with Crippen molar-refractivity contribution in [3.63, 3.8) is 0 Å². The predicted octanol–water partition coefficient (Wildman–Crippen LogP) is 1.62. The number of aryl methyl sites for hydroxylation is 1. The highest BCUT2D eigenvalue weighted by Gasteiger charge is 2.19. The Hall–Kier alpha value is -1.36. The maximum Gasteiger partial charge on any atom is 0.226 e. The molecule has 2 aromatic heterocycles. The molecule has 0 N–H and O–H groups in total. The molecule has 3 rings (SSSR count). The van der Waals surface area contributed by atoms with Crippen molar-refractivity contribution >= 4 is 28.5 Å². The van der Waals surface area contributed by atoms with Gasteiger partial charge in [0, 0.05) is 20.1 Å². The van der Waals surface area contributed by atoms with E-state index < -0.39 is 0 Å². The van der Waals surface area contributed by atoms with Crippen molar-refractivity contribution in [1.82, 2.24) is 19.7 Å². The molecule has 2 aromatic rings.